The molecular formula is C16H30N2O3. The molecule has 122 valence electrons. The van der Waals surface area contributed by atoms with Crippen molar-refractivity contribution in [2.24, 2.45) is 11.8 Å². The van der Waals surface area contributed by atoms with Gasteiger partial charge in [-0.2, -0.15) is 0 Å². The maximum atomic E-state index is 12.0. The Kier molecular flexibility index (Phi) is 7.72. The molecule has 1 amide bonds. The first kappa shape index (κ1) is 18.0. The largest absolute Gasteiger partial charge is 0.469 e. The van der Waals surface area contributed by atoms with Gasteiger partial charge in [0, 0.05) is 12.6 Å². The molecule has 1 fully saturated rings. The van der Waals surface area contributed by atoms with Gasteiger partial charge in [-0.05, 0) is 32.2 Å². The van der Waals surface area contributed by atoms with Gasteiger partial charge < -0.3 is 10.1 Å². The van der Waals surface area contributed by atoms with Gasteiger partial charge in [-0.3, -0.25) is 14.5 Å². The Labute approximate surface area is 128 Å². The van der Waals surface area contributed by atoms with Crippen molar-refractivity contribution in [1.82, 2.24) is 10.2 Å². The number of hydrogen-bond donors (Lipinski definition) is 1. The second-order valence-corrected chi connectivity index (χ2v) is 6.54. The van der Waals surface area contributed by atoms with Crippen LogP contribution in [0.3, 0.4) is 0 Å². The van der Waals surface area contributed by atoms with Crippen LogP contribution in [0.1, 0.15) is 46.5 Å². The van der Waals surface area contributed by atoms with Gasteiger partial charge >= 0.3 is 5.97 Å². The quantitative estimate of drug-likeness (QED) is 0.694. The van der Waals surface area contributed by atoms with Crippen LogP contribution < -0.4 is 5.32 Å². The minimum atomic E-state index is -0.167. The average molecular weight is 298 g/mol. The van der Waals surface area contributed by atoms with E-state index in [1.54, 1.807) is 0 Å². The molecule has 1 aliphatic heterocycles. The van der Waals surface area contributed by atoms with Gasteiger partial charge in [0.05, 0.1) is 19.6 Å². The standard InChI is InChI=1S/C16H30N2O3/c1-12(2)6-5-7-13(3)17-15(19)11-18-9-8-14(10-18)16(20)21-4/h12-14H,5-11H2,1-4H3,(H,17,19). The molecule has 21 heavy (non-hydrogen) atoms. The van der Waals surface area contributed by atoms with Gasteiger partial charge in [-0.25, -0.2) is 0 Å². The summed E-state index contributed by atoms with van der Waals surface area (Å²) in [5, 5.41) is 3.04. The van der Waals surface area contributed by atoms with Crippen LogP contribution in [0, 0.1) is 11.8 Å². The van der Waals surface area contributed by atoms with Crippen molar-refractivity contribution < 1.29 is 14.3 Å². The first-order valence-corrected chi connectivity index (χ1v) is 8.02. The molecule has 0 radical (unpaired) electrons. The van der Waals surface area contributed by atoms with E-state index >= 15 is 0 Å². The SMILES string of the molecule is COC(=O)C1CCN(CC(=O)NC(C)CCCC(C)C)C1. The number of rotatable bonds is 8. The summed E-state index contributed by atoms with van der Waals surface area (Å²) in [7, 11) is 1.41. The van der Waals surface area contributed by atoms with Crippen molar-refractivity contribution in [2.75, 3.05) is 26.7 Å². The lowest BCUT2D eigenvalue weighted by atomic mass is 10.0. The molecule has 1 rings (SSSR count). The van der Waals surface area contributed by atoms with Crippen molar-refractivity contribution in [2.45, 2.75) is 52.5 Å². The van der Waals surface area contributed by atoms with E-state index in [4.69, 9.17) is 4.74 Å². The van der Waals surface area contributed by atoms with E-state index in [0.717, 1.165) is 25.8 Å². The number of carbonyl (C=O) groups is 2. The fourth-order valence-corrected chi connectivity index (χ4v) is 2.76. The van der Waals surface area contributed by atoms with E-state index < -0.39 is 0 Å². The highest BCUT2D eigenvalue weighted by molar-refractivity contribution is 5.78. The van der Waals surface area contributed by atoms with Crippen molar-refractivity contribution in [3.63, 3.8) is 0 Å². The average Bonchev–Trinajstić information content (AvgIpc) is 2.85. The Morgan fingerprint density at radius 2 is 2.00 bits per heavy atom. The highest BCUT2D eigenvalue weighted by Crippen LogP contribution is 2.17. The Balaban J connectivity index is 2.20. The number of carbonyl (C=O) groups excluding carboxylic acids is 2. The zero-order chi connectivity index (χ0) is 15.8. The zero-order valence-corrected chi connectivity index (χ0v) is 13.9. The van der Waals surface area contributed by atoms with Crippen LogP contribution in [-0.4, -0.2) is 49.6 Å². The first-order chi connectivity index (χ1) is 9.92. The molecule has 0 aromatic heterocycles. The monoisotopic (exact) mass is 298 g/mol. The number of nitrogens with one attached hydrogen (secondary N) is 1. The second-order valence-electron chi connectivity index (χ2n) is 6.54. The summed E-state index contributed by atoms with van der Waals surface area (Å²) in [6.07, 6.45) is 4.15. The van der Waals surface area contributed by atoms with E-state index in [1.807, 2.05) is 4.90 Å². The molecule has 5 heteroatoms. The third-order valence-corrected chi connectivity index (χ3v) is 4.00. The minimum absolute atomic E-state index is 0.0533. The number of esters is 1. The second kappa shape index (κ2) is 9.03. The fraction of sp³-hybridized carbons (Fsp3) is 0.875. The summed E-state index contributed by atoms with van der Waals surface area (Å²) >= 11 is 0. The lowest BCUT2D eigenvalue weighted by Gasteiger charge is -2.18. The number of ether oxygens (including phenoxy) is 1. The Hall–Kier alpha value is -1.10. The molecule has 0 bridgehead atoms. The lowest BCUT2D eigenvalue weighted by molar-refractivity contribution is -0.145. The summed E-state index contributed by atoms with van der Waals surface area (Å²) < 4.78 is 4.75. The van der Waals surface area contributed by atoms with Crippen LogP contribution in [0.2, 0.25) is 0 Å². The minimum Gasteiger partial charge on any atom is -0.469 e. The third kappa shape index (κ3) is 6.93. The van der Waals surface area contributed by atoms with Crippen LogP contribution in [0.15, 0.2) is 0 Å². The maximum absolute atomic E-state index is 12.0. The zero-order valence-electron chi connectivity index (χ0n) is 13.9. The molecule has 1 heterocycles. The molecule has 0 aromatic carbocycles. The normalized spacial score (nSPS) is 20.5. The van der Waals surface area contributed by atoms with E-state index in [-0.39, 0.29) is 23.8 Å². The Morgan fingerprint density at radius 3 is 2.62 bits per heavy atom. The van der Waals surface area contributed by atoms with Crippen molar-refractivity contribution >= 4 is 11.9 Å². The summed E-state index contributed by atoms with van der Waals surface area (Å²) in [6, 6.07) is 0.218. The summed E-state index contributed by atoms with van der Waals surface area (Å²) in [5.41, 5.74) is 0. The predicted molar refractivity (Wildman–Crippen MR) is 82.9 cm³/mol. The van der Waals surface area contributed by atoms with Crippen molar-refractivity contribution in [3.8, 4) is 0 Å². The molecule has 1 saturated heterocycles. The molecular weight excluding hydrogens is 268 g/mol. The van der Waals surface area contributed by atoms with Crippen LogP contribution >= 0.6 is 0 Å². The van der Waals surface area contributed by atoms with Gasteiger partial charge in [-0.15, -0.1) is 0 Å². The number of likely N-dealkylation sites (tertiary alicyclic amines) is 1. The number of hydrogen-bond acceptors (Lipinski definition) is 4. The summed E-state index contributed by atoms with van der Waals surface area (Å²) in [4.78, 5) is 25.5. The summed E-state index contributed by atoms with van der Waals surface area (Å²) in [6.45, 7) is 8.28. The van der Waals surface area contributed by atoms with E-state index in [1.165, 1.54) is 13.5 Å². The van der Waals surface area contributed by atoms with Crippen LogP contribution in [0.5, 0.6) is 0 Å². The Morgan fingerprint density at radius 1 is 1.29 bits per heavy atom. The Bertz CT molecular complexity index is 344. The van der Waals surface area contributed by atoms with Crippen molar-refractivity contribution in [1.29, 1.82) is 0 Å². The van der Waals surface area contributed by atoms with Gasteiger partial charge in [0.25, 0.3) is 0 Å². The molecule has 0 spiro atoms. The predicted octanol–water partition coefficient (Wildman–Crippen LogP) is 1.81. The first-order valence-electron chi connectivity index (χ1n) is 8.02. The molecule has 2 unspecified atom stereocenters. The van der Waals surface area contributed by atoms with Gasteiger partial charge in [0.1, 0.15) is 0 Å². The highest BCUT2D eigenvalue weighted by atomic mass is 16.5. The van der Waals surface area contributed by atoms with E-state index in [2.05, 4.69) is 26.1 Å². The van der Waals surface area contributed by atoms with E-state index in [0.29, 0.717) is 19.0 Å². The lowest BCUT2D eigenvalue weighted by Crippen LogP contribution is -2.40. The number of methoxy groups -OCH3 is 1. The topological polar surface area (TPSA) is 58.6 Å². The molecule has 0 aromatic rings. The van der Waals surface area contributed by atoms with E-state index in [9.17, 15) is 9.59 Å². The fourth-order valence-electron chi connectivity index (χ4n) is 2.76. The number of nitrogens with zero attached hydrogens (tertiary/aromatic N) is 1. The third-order valence-electron chi connectivity index (χ3n) is 4.00. The molecule has 0 aliphatic carbocycles. The van der Waals surface area contributed by atoms with Gasteiger partial charge in [0.2, 0.25) is 5.91 Å². The smallest absolute Gasteiger partial charge is 0.310 e. The summed E-state index contributed by atoms with van der Waals surface area (Å²) in [5.74, 6) is 0.525. The highest BCUT2D eigenvalue weighted by Gasteiger charge is 2.29. The molecule has 0 saturated carbocycles. The number of amides is 1. The molecule has 5 nitrogen and oxygen atoms in total. The van der Waals surface area contributed by atoms with Crippen molar-refractivity contribution in [3.05, 3.63) is 0 Å². The van der Waals surface area contributed by atoms with Crippen LogP contribution in [0.4, 0.5) is 0 Å². The van der Waals surface area contributed by atoms with Crippen LogP contribution in [-0.2, 0) is 14.3 Å². The van der Waals surface area contributed by atoms with Crippen LogP contribution in [0.25, 0.3) is 0 Å². The molecule has 1 aliphatic rings. The van der Waals surface area contributed by atoms with Gasteiger partial charge in [0.15, 0.2) is 0 Å². The molecule has 2 atom stereocenters. The molecule has 1 N–H and O–H groups in total. The van der Waals surface area contributed by atoms with Gasteiger partial charge in [-0.1, -0.05) is 26.7 Å². The maximum Gasteiger partial charge on any atom is 0.310 e.